The van der Waals surface area contributed by atoms with Gasteiger partial charge in [0.1, 0.15) is 11.8 Å². The van der Waals surface area contributed by atoms with Gasteiger partial charge >= 0.3 is 6.18 Å². The van der Waals surface area contributed by atoms with Crippen molar-refractivity contribution in [1.82, 2.24) is 5.43 Å². The molecule has 0 saturated carbocycles. The molecule has 0 saturated heterocycles. The van der Waals surface area contributed by atoms with E-state index >= 15 is 0 Å². The minimum absolute atomic E-state index is 0.118. The molecule has 0 bridgehead atoms. The third kappa shape index (κ3) is 5.96. The van der Waals surface area contributed by atoms with Gasteiger partial charge in [0.25, 0.3) is 5.91 Å². The Bertz CT molecular complexity index is 1020. The summed E-state index contributed by atoms with van der Waals surface area (Å²) in [6.07, 6.45) is -2.51. The average Bonchev–Trinajstić information content (AvgIpc) is 2.67. The lowest BCUT2D eigenvalue weighted by molar-refractivity contribution is -0.137. The number of carbonyl (C=O) groups is 1. The summed E-state index contributed by atoms with van der Waals surface area (Å²) in [6, 6.07) is 9.26. The van der Waals surface area contributed by atoms with E-state index in [1.807, 2.05) is 0 Å². The van der Waals surface area contributed by atoms with Crippen molar-refractivity contribution in [1.29, 1.82) is 0 Å². The monoisotopic (exact) mass is 443 g/mol. The van der Waals surface area contributed by atoms with Crippen LogP contribution in [0, 0.1) is 0 Å². The molecule has 0 fully saturated rings. The number of carbonyl (C=O) groups excluding carboxylic acids is 1. The molecule has 2 rings (SSSR count). The number of hydrazone groups is 1. The van der Waals surface area contributed by atoms with Gasteiger partial charge in [0.15, 0.2) is 0 Å². The van der Waals surface area contributed by atoms with E-state index in [-0.39, 0.29) is 11.3 Å². The molecular formula is C19H20F3N3O4S. The highest BCUT2D eigenvalue weighted by Gasteiger charge is 2.30. The van der Waals surface area contributed by atoms with Gasteiger partial charge in [-0.1, -0.05) is 12.1 Å². The van der Waals surface area contributed by atoms with Crippen LogP contribution in [0.25, 0.3) is 0 Å². The smallest absolute Gasteiger partial charge is 0.416 e. The Hall–Kier alpha value is -3.08. The maximum Gasteiger partial charge on any atom is 0.416 e. The number of amides is 1. The van der Waals surface area contributed by atoms with Gasteiger partial charge in [-0.2, -0.15) is 18.3 Å². The first kappa shape index (κ1) is 23.2. The Labute approximate surface area is 172 Å². The molecule has 7 nitrogen and oxygen atoms in total. The molecular weight excluding hydrogens is 423 g/mol. The van der Waals surface area contributed by atoms with Crippen LogP contribution in [-0.4, -0.2) is 39.9 Å². The molecule has 2 aromatic rings. The van der Waals surface area contributed by atoms with E-state index in [0.29, 0.717) is 5.75 Å². The first-order valence-electron chi connectivity index (χ1n) is 8.57. The Morgan fingerprint density at radius 2 is 1.83 bits per heavy atom. The number of hydrogen-bond donors (Lipinski definition) is 1. The molecule has 11 heteroatoms. The van der Waals surface area contributed by atoms with Gasteiger partial charge in [-0.3, -0.25) is 9.10 Å². The summed E-state index contributed by atoms with van der Waals surface area (Å²) < 4.78 is 68.6. The van der Waals surface area contributed by atoms with Crippen LogP contribution in [0.2, 0.25) is 0 Å². The fourth-order valence-electron chi connectivity index (χ4n) is 2.60. The number of nitrogens with one attached hydrogen (secondary N) is 1. The van der Waals surface area contributed by atoms with Crippen LogP contribution in [0.1, 0.15) is 18.1 Å². The summed E-state index contributed by atoms with van der Waals surface area (Å²) >= 11 is 0. The number of rotatable bonds is 7. The molecule has 30 heavy (non-hydrogen) atoms. The third-order valence-corrected chi connectivity index (χ3v) is 5.26. The molecule has 1 amide bonds. The molecule has 162 valence electrons. The minimum atomic E-state index is -4.50. The highest BCUT2D eigenvalue weighted by Crippen LogP contribution is 2.29. The number of halogens is 3. The van der Waals surface area contributed by atoms with Gasteiger partial charge in [0.2, 0.25) is 10.0 Å². The second kappa shape index (κ2) is 9.16. The Morgan fingerprint density at radius 3 is 2.37 bits per heavy atom. The number of benzene rings is 2. The first-order chi connectivity index (χ1) is 13.9. The second-order valence-corrected chi connectivity index (χ2v) is 8.15. The Morgan fingerprint density at radius 1 is 1.20 bits per heavy atom. The van der Waals surface area contributed by atoms with E-state index in [0.717, 1.165) is 28.9 Å². The molecule has 0 aliphatic carbocycles. The molecule has 0 aliphatic rings. The van der Waals surface area contributed by atoms with Crippen molar-refractivity contribution in [2.75, 3.05) is 17.7 Å². The summed E-state index contributed by atoms with van der Waals surface area (Å²) in [4.78, 5) is 12.4. The van der Waals surface area contributed by atoms with Crippen LogP contribution < -0.4 is 14.5 Å². The number of sulfonamides is 1. The average molecular weight is 443 g/mol. The van der Waals surface area contributed by atoms with E-state index in [9.17, 15) is 26.4 Å². The van der Waals surface area contributed by atoms with Gasteiger partial charge in [-0.05, 0) is 48.9 Å². The topological polar surface area (TPSA) is 88.1 Å². The van der Waals surface area contributed by atoms with Crippen molar-refractivity contribution < 1.29 is 31.1 Å². The lowest BCUT2D eigenvalue weighted by Crippen LogP contribution is -2.46. The number of hydrogen-bond acceptors (Lipinski definition) is 5. The summed E-state index contributed by atoms with van der Waals surface area (Å²) in [5.41, 5.74) is 1.66. The zero-order valence-electron chi connectivity index (χ0n) is 16.3. The van der Waals surface area contributed by atoms with Crippen LogP contribution in [0.5, 0.6) is 5.75 Å². The minimum Gasteiger partial charge on any atom is -0.497 e. The van der Waals surface area contributed by atoms with E-state index in [1.165, 1.54) is 38.3 Å². The molecule has 2 aromatic carbocycles. The quantitative estimate of drug-likeness (QED) is 0.526. The van der Waals surface area contributed by atoms with Crippen LogP contribution in [-0.2, 0) is 21.0 Å². The van der Waals surface area contributed by atoms with Gasteiger partial charge in [0, 0.05) is 0 Å². The highest BCUT2D eigenvalue weighted by molar-refractivity contribution is 7.92. The standard InChI is InChI=1S/C19H20F3N3O4S/c1-13(25(30(3,27)28)16-7-9-17(29-2)10-8-16)18(26)24-23-12-14-5-4-6-15(11-14)19(20,21)22/h4-13H,1-3H3,(H,24,26)/b23-12-/t13-/m0/s1. The van der Waals surface area contributed by atoms with Crippen LogP contribution in [0.3, 0.4) is 0 Å². The van der Waals surface area contributed by atoms with Crippen molar-refractivity contribution >= 4 is 27.8 Å². The maximum absolute atomic E-state index is 12.7. The lowest BCUT2D eigenvalue weighted by atomic mass is 10.1. The number of methoxy groups -OCH3 is 1. The van der Waals surface area contributed by atoms with E-state index < -0.39 is 33.7 Å². The van der Waals surface area contributed by atoms with Crippen LogP contribution in [0.15, 0.2) is 53.6 Å². The molecule has 0 heterocycles. The first-order valence-corrected chi connectivity index (χ1v) is 10.4. The zero-order chi connectivity index (χ0) is 22.5. The van der Waals surface area contributed by atoms with Crippen molar-refractivity contribution in [3.05, 3.63) is 59.7 Å². The van der Waals surface area contributed by atoms with E-state index in [1.54, 1.807) is 12.1 Å². The largest absolute Gasteiger partial charge is 0.497 e. The number of ether oxygens (including phenoxy) is 1. The number of anilines is 1. The van der Waals surface area contributed by atoms with Crippen molar-refractivity contribution in [2.45, 2.75) is 19.1 Å². The summed E-state index contributed by atoms with van der Waals surface area (Å²) in [6.45, 7) is 1.36. The molecule has 1 atom stereocenters. The molecule has 0 spiro atoms. The van der Waals surface area contributed by atoms with Crippen molar-refractivity contribution in [2.24, 2.45) is 5.10 Å². The Balaban J connectivity index is 2.16. The predicted molar refractivity (Wildman–Crippen MR) is 107 cm³/mol. The molecule has 0 unspecified atom stereocenters. The van der Waals surface area contributed by atoms with Crippen LogP contribution >= 0.6 is 0 Å². The number of alkyl halides is 3. The summed E-state index contributed by atoms with van der Waals surface area (Å²) in [5, 5.41) is 3.64. The summed E-state index contributed by atoms with van der Waals surface area (Å²) in [7, 11) is -2.37. The van der Waals surface area contributed by atoms with E-state index in [2.05, 4.69) is 10.5 Å². The third-order valence-electron chi connectivity index (χ3n) is 4.02. The SMILES string of the molecule is COc1ccc(N([C@@H](C)C(=O)N/N=C\c2cccc(C(F)(F)F)c2)S(C)(=O)=O)cc1. The maximum atomic E-state index is 12.7. The highest BCUT2D eigenvalue weighted by atomic mass is 32.2. The molecule has 0 radical (unpaired) electrons. The fraction of sp³-hybridized carbons (Fsp3) is 0.263. The second-order valence-electron chi connectivity index (χ2n) is 6.29. The lowest BCUT2D eigenvalue weighted by Gasteiger charge is -2.27. The van der Waals surface area contributed by atoms with Gasteiger partial charge in [0.05, 0.1) is 30.8 Å². The predicted octanol–water partition coefficient (Wildman–Crippen LogP) is 3.02. The van der Waals surface area contributed by atoms with Crippen molar-refractivity contribution in [3.63, 3.8) is 0 Å². The van der Waals surface area contributed by atoms with E-state index in [4.69, 9.17) is 4.74 Å². The van der Waals surface area contributed by atoms with Crippen LogP contribution in [0.4, 0.5) is 18.9 Å². The van der Waals surface area contributed by atoms with Gasteiger partial charge in [-0.25, -0.2) is 13.8 Å². The normalized spacial score (nSPS) is 13.1. The van der Waals surface area contributed by atoms with Gasteiger partial charge in [-0.15, -0.1) is 0 Å². The van der Waals surface area contributed by atoms with Crippen molar-refractivity contribution in [3.8, 4) is 5.75 Å². The summed E-state index contributed by atoms with van der Waals surface area (Å²) in [5.74, 6) is -0.255. The fourth-order valence-corrected chi connectivity index (χ4v) is 3.77. The number of nitrogens with zero attached hydrogens (tertiary/aromatic N) is 2. The Kier molecular flexibility index (Phi) is 7.08. The molecule has 1 N–H and O–H groups in total. The molecule has 0 aliphatic heterocycles. The molecule has 0 aromatic heterocycles. The zero-order valence-corrected chi connectivity index (χ0v) is 17.2. The van der Waals surface area contributed by atoms with Gasteiger partial charge < -0.3 is 4.74 Å².